The highest BCUT2D eigenvalue weighted by atomic mass is 15.3. The molecule has 0 spiro atoms. The lowest BCUT2D eigenvalue weighted by atomic mass is 9.90. The van der Waals surface area contributed by atoms with E-state index in [4.69, 9.17) is 5.73 Å². The lowest BCUT2D eigenvalue weighted by Gasteiger charge is -2.22. The largest absolute Gasteiger partial charge is 0.321 e. The van der Waals surface area contributed by atoms with E-state index in [1.54, 1.807) is 0 Å². The molecule has 0 radical (unpaired) electrons. The molecule has 2 rings (SSSR count). The van der Waals surface area contributed by atoms with Gasteiger partial charge in [0.15, 0.2) is 0 Å². The van der Waals surface area contributed by atoms with E-state index in [-0.39, 0.29) is 5.54 Å². The van der Waals surface area contributed by atoms with Crippen molar-refractivity contribution in [1.82, 2.24) is 9.78 Å². The fourth-order valence-electron chi connectivity index (χ4n) is 2.76. The van der Waals surface area contributed by atoms with Gasteiger partial charge in [0.25, 0.3) is 0 Å². The molecule has 1 aliphatic carbocycles. The van der Waals surface area contributed by atoms with Crippen molar-refractivity contribution in [3.8, 4) is 0 Å². The molecule has 1 aromatic rings. The van der Waals surface area contributed by atoms with Gasteiger partial charge in [-0.2, -0.15) is 5.10 Å². The van der Waals surface area contributed by atoms with E-state index in [0.717, 1.165) is 31.7 Å². The molecule has 1 aliphatic rings. The lowest BCUT2D eigenvalue weighted by molar-refractivity contribution is 0.423. The Morgan fingerprint density at radius 3 is 3.00 bits per heavy atom. The van der Waals surface area contributed by atoms with E-state index < -0.39 is 0 Å². The molecule has 90 valence electrons. The third kappa shape index (κ3) is 2.14. The Kier molecular flexibility index (Phi) is 3.33. The van der Waals surface area contributed by atoms with Crippen molar-refractivity contribution in [2.24, 2.45) is 11.7 Å². The van der Waals surface area contributed by atoms with E-state index >= 15 is 0 Å². The molecule has 2 N–H and O–H groups in total. The van der Waals surface area contributed by atoms with Crippen molar-refractivity contribution in [2.45, 2.75) is 58.0 Å². The van der Waals surface area contributed by atoms with Crippen LogP contribution in [0.1, 0.15) is 51.5 Å². The minimum Gasteiger partial charge on any atom is -0.321 e. The third-order valence-corrected chi connectivity index (χ3v) is 3.89. The fraction of sp³-hybridized carbons (Fsp3) is 0.769. The highest BCUT2D eigenvalue weighted by Crippen LogP contribution is 2.41. The van der Waals surface area contributed by atoms with Crippen LogP contribution in [0, 0.1) is 5.92 Å². The summed E-state index contributed by atoms with van der Waals surface area (Å²) in [5.41, 5.74) is 7.63. The molecule has 16 heavy (non-hydrogen) atoms. The van der Waals surface area contributed by atoms with Crippen molar-refractivity contribution in [3.63, 3.8) is 0 Å². The van der Waals surface area contributed by atoms with E-state index in [1.807, 2.05) is 10.9 Å². The smallest absolute Gasteiger partial charge is 0.0540 e. The fourth-order valence-corrected chi connectivity index (χ4v) is 2.76. The van der Waals surface area contributed by atoms with E-state index in [1.165, 1.54) is 18.4 Å². The van der Waals surface area contributed by atoms with Crippen molar-refractivity contribution >= 4 is 0 Å². The van der Waals surface area contributed by atoms with Crippen molar-refractivity contribution in [3.05, 3.63) is 18.0 Å². The molecule has 3 nitrogen and oxygen atoms in total. The van der Waals surface area contributed by atoms with E-state index in [0.29, 0.717) is 0 Å². The van der Waals surface area contributed by atoms with Gasteiger partial charge in [0, 0.05) is 23.8 Å². The first kappa shape index (κ1) is 11.6. The standard InChI is InChI=1S/C13H23N3/c1-3-7-16-10-12(9-15-16)13(14)6-5-11(4-2)8-13/h9-11H,3-8,14H2,1-2H3. The van der Waals surface area contributed by atoms with Gasteiger partial charge < -0.3 is 5.73 Å². The molecule has 3 heteroatoms. The Hall–Kier alpha value is -0.830. The van der Waals surface area contributed by atoms with Crippen molar-refractivity contribution in [1.29, 1.82) is 0 Å². The second-order valence-electron chi connectivity index (χ2n) is 5.17. The minimum atomic E-state index is -0.104. The molecule has 1 heterocycles. The first-order chi connectivity index (χ1) is 7.68. The Balaban J connectivity index is 2.10. The third-order valence-electron chi connectivity index (χ3n) is 3.89. The predicted molar refractivity (Wildman–Crippen MR) is 66.0 cm³/mol. The molecule has 1 fully saturated rings. The van der Waals surface area contributed by atoms with Crippen molar-refractivity contribution in [2.75, 3.05) is 0 Å². The molecule has 0 saturated heterocycles. The molecular formula is C13H23N3. The summed E-state index contributed by atoms with van der Waals surface area (Å²) in [5.74, 6) is 0.805. The van der Waals surface area contributed by atoms with Crippen LogP contribution in [0.3, 0.4) is 0 Å². The van der Waals surface area contributed by atoms with Gasteiger partial charge in [-0.05, 0) is 31.6 Å². The number of nitrogens with zero attached hydrogens (tertiary/aromatic N) is 2. The lowest BCUT2D eigenvalue weighted by Crippen LogP contribution is -2.33. The Bertz CT molecular complexity index is 345. The van der Waals surface area contributed by atoms with E-state index in [2.05, 4.69) is 25.1 Å². The molecule has 0 amide bonds. The molecule has 1 aromatic heterocycles. The van der Waals surface area contributed by atoms with Gasteiger partial charge in [0.2, 0.25) is 0 Å². The van der Waals surface area contributed by atoms with Crippen LogP contribution in [0.2, 0.25) is 0 Å². The van der Waals surface area contributed by atoms with Crippen LogP contribution in [0.15, 0.2) is 12.4 Å². The highest BCUT2D eigenvalue weighted by molar-refractivity contribution is 5.19. The van der Waals surface area contributed by atoms with Crippen molar-refractivity contribution < 1.29 is 0 Å². The summed E-state index contributed by atoms with van der Waals surface area (Å²) in [4.78, 5) is 0. The van der Waals surface area contributed by atoms with Crippen LogP contribution in [-0.4, -0.2) is 9.78 Å². The maximum atomic E-state index is 6.50. The number of aromatic nitrogens is 2. The summed E-state index contributed by atoms with van der Waals surface area (Å²) in [7, 11) is 0. The van der Waals surface area contributed by atoms with Crippen LogP contribution >= 0.6 is 0 Å². The van der Waals surface area contributed by atoms with Gasteiger partial charge in [0.1, 0.15) is 0 Å². The van der Waals surface area contributed by atoms with Gasteiger partial charge in [-0.1, -0.05) is 20.3 Å². The zero-order valence-corrected chi connectivity index (χ0v) is 10.4. The summed E-state index contributed by atoms with van der Waals surface area (Å²) >= 11 is 0. The summed E-state index contributed by atoms with van der Waals surface area (Å²) < 4.78 is 2.02. The maximum absolute atomic E-state index is 6.50. The zero-order valence-electron chi connectivity index (χ0n) is 10.4. The molecule has 2 unspecified atom stereocenters. The number of aryl methyl sites for hydroxylation is 1. The molecule has 2 atom stereocenters. The monoisotopic (exact) mass is 221 g/mol. The number of hydrogen-bond donors (Lipinski definition) is 1. The summed E-state index contributed by atoms with van der Waals surface area (Å²) in [5, 5.41) is 4.38. The summed E-state index contributed by atoms with van der Waals surface area (Å²) in [6.07, 6.45) is 9.99. The second kappa shape index (κ2) is 4.58. The number of hydrogen-bond acceptors (Lipinski definition) is 2. The average molecular weight is 221 g/mol. The van der Waals surface area contributed by atoms with Crippen LogP contribution in [0.25, 0.3) is 0 Å². The molecule has 0 bridgehead atoms. The Morgan fingerprint density at radius 2 is 2.38 bits per heavy atom. The minimum absolute atomic E-state index is 0.104. The van der Waals surface area contributed by atoms with Crippen LogP contribution in [0.5, 0.6) is 0 Å². The van der Waals surface area contributed by atoms with Crippen LogP contribution in [-0.2, 0) is 12.1 Å². The van der Waals surface area contributed by atoms with Crippen LogP contribution in [0.4, 0.5) is 0 Å². The van der Waals surface area contributed by atoms with Gasteiger partial charge in [-0.25, -0.2) is 0 Å². The van der Waals surface area contributed by atoms with Gasteiger partial charge in [-0.3, -0.25) is 4.68 Å². The number of nitrogens with two attached hydrogens (primary N) is 1. The summed E-state index contributed by atoms with van der Waals surface area (Å²) in [6.45, 7) is 5.42. The first-order valence-corrected chi connectivity index (χ1v) is 6.49. The first-order valence-electron chi connectivity index (χ1n) is 6.49. The maximum Gasteiger partial charge on any atom is 0.0540 e. The van der Waals surface area contributed by atoms with Gasteiger partial charge >= 0.3 is 0 Å². The highest BCUT2D eigenvalue weighted by Gasteiger charge is 2.37. The Labute approximate surface area is 98.0 Å². The normalized spacial score (nSPS) is 29.8. The average Bonchev–Trinajstić information content (AvgIpc) is 2.86. The SMILES string of the molecule is CCCn1cc(C2(N)CCC(CC)C2)cn1. The van der Waals surface area contributed by atoms with Gasteiger partial charge in [-0.15, -0.1) is 0 Å². The molecular weight excluding hydrogens is 198 g/mol. The summed E-state index contributed by atoms with van der Waals surface area (Å²) in [6, 6.07) is 0. The molecule has 0 aliphatic heterocycles. The predicted octanol–water partition coefficient (Wildman–Crippen LogP) is 2.66. The molecule has 1 saturated carbocycles. The Morgan fingerprint density at radius 1 is 1.56 bits per heavy atom. The van der Waals surface area contributed by atoms with Gasteiger partial charge in [0.05, 0.1) is 6.20 Å². The second-order valence-corrected chi connectivity index (χ2v) is 5.17. The topological polar surface area (TPSA) is 43.8 Å². The number of rotatable bonds is 4. The van der Waals surface area contributed by atoms with Crippen LogP contribution < -0.4 is 5.73 Å². The van der Waals surface area contributed by atoms with E-state index in [9.17, 15) is 0 Å². The quantitative estimate of drug-likeness (QED) is 0.849. The molecule has 0 aromatic carbocycles. The zero-order chi connectivity index (χ0) is 11.6.